The largest absolute Gasteiger partial charge is 0.384 e. The molecule has 1 aliphatic carbocycles. The molecule has 1 N–H and O–H groups in total. The minimum Gasteiger partial charge on any atom is -0.384 e. The van der Waals surface area contributed by atoms with Gasteiger partial charge in [0.25, 0.3) is 0 Å². The molecule has 1 heterocycles. The fourth-order valence-electron chi connectivity index (χ4n) is 3.08. The van der Waals surface area contributed by atoms with Gasteiger partial charge in [-0.05, 0) is 25.7 Å². The smallest absolute Gasteiger partial charge is 0.126 e. The highest BCUT2D eigenvalue weighted by molar-refractivity contribution is 5.08. The van der Waals surface area contributed by atoms with Crippen molar-refractivity contribution < 1.29 is 9.84 Å². The van der Waals surface area contributed by atoms with E-state index in [0.29, 0.717) is 12.5 Å². The summed E-state index contributed by atoms with van der Waals surface area (Å²) < 4.78 is 7.46. The van der Waals surface area contributed by atoms with Gasteiger partial charge in [0, 0.05) is 13.7 Å². The van der Waals surface area contributed by atoms with Crippen LogP contribution in [0.15, 0.2) is 6.20 Å². The molecule has 1 aliphatic rings. The fraction of sp³-hybridized carbons (Fsp3) is 0.846. The van der Waals surface area contributed by atoms with E-state index < -0.39 is 11.7 Å². The third-order valence-corrected chi connectivity index (χ3v) is 4.12. The summed E-state index contributed by atoms with van der Waals surface area (Å²) in [7, 11) is 1.70. The lowest BCUT2D eigenvalue weighted by atomic mass is 9.75. The number of hydrogen-bond donors (Lipinski definition) is 1. The zero-order valence-corrected chi connectivity index (χ0v) is 11.5. The Morgan fingerprint density at radius 1 is 1.67 bits per heavy atom. The van der Waals surface area contributed by atoms with Gasteiger partial charge >= 0.3 is 0 Å². The second-order valence-electron chi connectivity index (χ2n) is 5.35. The lowest BCUT2D eigenvalue weighted by Gasteiger charge is -2.42. The maximum absolute atomic E-state index is 10.7. The summed E-state index contributed by atoms with van der Waals surface area (Å²) in [5, 5.41) is 18.6. The third kappa shape index (κ3) is 2.29. The number of aliphatic hydroxyl groups excluding tert-OH is 1. The van der Waals surface area contributed by atoms with Crippen LogP contribution in [0.1, 0.15) is 51.3 Å². The first-order chi connectivity index (χ1) is 8.63. The number of methoxy groups -OCH3 is 1. The molecule has 18 heavy (non-hydrogen) atoms. The van der Waals surface area contributed by atoms with Gasteiger partial charge in [-0.15, -0.1) is 5.10 Å². The molecule has 102 valence electrons. The van der Waals surface area contributed by atoms with Crippen LogP contribution in [0.5, 0.6) is 0 Å². The van der Waals surface area contributed by atoms with Gasteiger partial charge < -0.3 is 9.84 Å². The number of nitrogens with zero attached hydrogens (tertiary/aromatic N) is 3. The number of hydrogen-bond acceptors (Lipinski definition) is 4. The molecule has 1 aromatic heterocycles. The maximum Gasteiger partial charge on any atom is 0.126 e. The van der Waals surface area contributed by atoms with Crippen LogP contribution >= 0.6 is 0 Å². The third-order valence-electron chi connectivity index (χ3n) is 4.12. The molecule has 0 spiro atoms. The molecule has 0 saturated heterocycles. The van der Waals surface area contributed by atoms with Crippen LogP contribution in [-0.2, 0) is 11.3 Å². The Morgan fingerprint density at radius 3 is 3.06 bits per heavy atom. The average molecular weight is 253 g/mol. The molecule has 5 nitrogen and oxygen atoms in total. The molecule has 0 bridgehead atoms. The molecule has 3 unspecified atom stereocenters. The first kappa shape index (κ1) is 13.5. The second kappa shape index (κ2) is 5.36. The molecule has 0 amide bonds. The number of aromatic nitrogens is 3. The minimum absolute atomic E-state index is 0.480. The topological polar surface area (TPSA) is 60.2 Å². The van der Waals surface area contributed by atoms with Crippen molar-refractivity contribution in [3.8, 4) is 0 Å². The number of rotatable bonds is 4. The van der Waals surface area contributed by atoms with E-state index in [9.17, 15) is 5.11 Å². The number of aliphatic hydroxyl groups is 1. The molecule has 2 rings (SSSR count). The minimum atomic E-state index is -0.653. The molecule has 3 atom stereocenters. The van der Waals surface area contributed by atoms with E-state index in [1.807, 2.05) is 6.92 Å². The van der Waals surface area contributed by atoms with Crippen LogP contribution in [0.25, 0.3) is 0 Å². The highest BCUT2D eigenvalue weighted by Crippen LogP contribution is 2.42. The summed E-state index contributed by atoms with van der Waals surface area (Å²) in [6, 6.07) is 0. The van der Waals surface area contributed by atoms with E-state index in [1.54, 1.807) is 18.0 Å². The summed E-state index contributed by atoms with van der Waals surface area (Å²) in [5.74, 6) is 0.583. The molecule has 0 aliphatic heterocycles. The van der Waals surface area contributed by atoms with Crippen molar-refractivity contribution in [2.45, 2.75) is 57.8 Å². The first-order valence-corrected chi connectivity index (χ1v) is 6.74. The Balaban J connectivity index is 2.26. The predicted octanol–water partition coefficient (Wildman–Crippen LogP) is 1.93. The normalized spacial score (nSPS) is 30.3. The summed E-state index contributed by atoms with van der Waals surface area (Å²) in [4.78, 5) is 0. The molecule has 1 aromatic rings. The zero-order chi connectivity index (χ0) is 13.2. The number of ether oxygens (including phenoxy) is 1. The first-order valence-electron chi connectivity index (χ1n) is 6.74. The Hall–Kier alpha value is -0.940. The van der Waals surface area contributed by atoms with Gasteiger partial charge in [-0.3, -0.25) is 0 Å². The van der Waals surface area contributed by atoms with Gasteiger partial charge in [-0.25, -0.2) is 4.68 Å². The number of aryl methyl sites for hydroxylation is 1. The van der Waals surface area contributed by atoms with Crippen LogP contribution in [0.2, 0.25) is 0 Å². The van der Waals surface area contributed by atoms with Crippen molar-refractivity contribution >= 4 is 0 Å². The Morgan fingerprint density at radius 2 is 2.44 bits per heavy atom. The quantitative estimate of drug-likeness (QED) is 0.890. The molecule has 0 radical (unpaired) electrons. The second-order valence-corrected chi connectivity index (χ2v) is 5.35. The lowest BCUT2D eigenvalue weighted by molar-refractivity contribution is -0.136. The van der Waals surface area contributed by atoms with Crippen LogP contribution in [0, 0.1) is 5.92 Å². The van der Waals surface area contributed by atoms with Crippen LogP contribution in [0.3, 0.4) is 0 Å². The van der Waals surface area contributed by atoms with Gasteiger partial charge in [0.05, 0.1) is 17.5 Å². The van der Waals surface area contributed by atoms with Crippen molar-refractivity contribution in [3.05, 3.63) is 11.9 Å². The Labute approximate surface area is 108 Å². The zero-order valence-electron chi connectivity index (χ0n) is 11.5. The van der Waals surface area contributed by atoms with Crippen LogP contribution in [0.4, 0.5) is 0 Å². The monoisotopic (exact) mass is 253 g/mol. The molecule has 5 heteroatoms. The average Bonchev–Trinajstić information content (AvgIpc) is 2.85. The van der Waals surface area contributed by atoms with Gasteiger partial charge in [0.1, 0.15) is 6.10 Å². The van der Waals surface area contributed by atoms with Gasteiger partial charge in [-0.1, -0.05) is 25.0 Å². The van der Waals surface area contributed by atoms with E-state index in [2.05, 4.69) is 17.2 Å². The predicted molar refractivity (Wildman–Crippen MR) is 68.0 cm³/mol. The summed E-state index contributed by atoms with van der Waals surface area (Å²) in [6.45, 7) is 4.92. The summed E-state index contributed by atoms with van der Waals surface area (Å²) >= 11 is 0. The standard InChI is InChI=1S/C13H23N3O2/c1-4-16-11(9-14-15-16)12(17)13(18-3)7-5-6-10(2)8-13/h9-10,12,17H,4-8H2,1-3H3. The van der Waals surface area contributed by atoms with Crippen LogP contribution < -0.4 is 0 Å². The van der Waals surface area contributed by atoms with Crippen molar-refractivity contribution in [2.75, 3.05) is 7.11 Å². The maximum atomic E-state index is 10.7. The van der Waals surface area contributed by atoms with Gasteiger partial charge in [-0.2, -0.15) is 0 Å². The fourth-order valence-corrected chi connectivity index (χ4v) is 3.08. The SMILES string of the molecule is CCn1nncc1C(O)C1(OC)CCCC(C)C1. The molecular weight excluding hydrogens is 230 g/mol. The highest BCUT2D eigenvalue weighted by atomic mass is 16.5. The van der Waals surface area contributed by atoms with Crippen molar-refractivity contribution in [1.82, 2.24) is 15.0 Å². The Bertz CT molecular complexity index is 393. The molecule has 1 fully saturated rings. The van der Waals surface area contributed by atoms with E-state index in [-0.39, 0.29) is 0 Å². The van der Waals surface area contributed by atoms with Crippen molar-refractivity contribution in [1.29, 1.82) is 0 Å². The molecule has 0 aromatic carbocycles. The van der Waals surface area contributed by atoms with E-state index in [1.165, 1.54) is 6.42 Å². The highest BCUT2D eigenvalue weighted by Gasteiger charge is 2.43. The Kier molecular flexibility index (Phi) is 4.02. The molecular formula is C13H23N3O2. The van der Waals surface area contributed by atoms with E-state index in [0.717, 1.165) is 25.0 Å². The van der Waals surface area contributed by atoms with Crippen molar-refractivity contribution in [2.24, 2.45) is 5.92 Å². The van der Waals surface area contributed by atoms with E-state index >= 15 is 0 Å². The summed E-state index contributed by atoms with van der Waals surface area (Å²) in [5.41, 5.74) is 0.278. The van der Waals surface area contributed by atoms with Crippen molar-refractivity contribution in [3.63, 3.8) is 0 Å². The summed E-state index contributed by atoms with van der Waals surface area (Å²) in [6.07, 6.45) is 5.08. The van der Waals surface area contributed by atoms with E-state index in [4.69, 9.17) is 4.74 Å². The van der Waals surface area contributed by atoms with Gasteiger partial charge in [0.2, 0.25) is 0 Å². The van der Waals surface area contributed by atoms with Crippen LogP contribution in [-0.4, -0.2) is 32.8 Å². The molecule has 1 saturated carbocycles. The lowest BCUT2D eigenvalue weighted by Crippen LogP contribution is -2.43. The van der Waals surface area contributed by atoms with Gasteiger partial charge in [0.15, 0.2) is 0 Å².